The van der Waals surface area contributed by atoms with Crippen molar-refractivity contribution in [1.82, 2.24) is 20.2 Å². The van der Waals surface area contributed by atoms with Gasteiger partial charge >= 0.3 is 0 Å². The number of sulfone groups is 1. The van der Waals surface area contributed by atoms with Crippen molar-refractivity contribution in [2.45, 2.75) is 4.90 Å². The number of pyridine rings is 2. The molecule has 3 aromatic heterocycles. The number of nitrogens with one attached hydrogen (secondary N) is 1. The highest BCUT2D eigenvalue weighted by Crippen LogP contribution is 2.22. The summed E-state index contributed by atoms with van der Waals surface area (Å²) < 4.78 is 23.2. The van der Waals surface area contributed by atoms with Crippen molar-refractivity contribution >= 4 is 37.8 Å². The molecule has 9 heteroatoms. The highest BCUT2D eigenvalue weighted by molar-refractivity contribution is 7.90. The maximum atomic E-state index is 11.6. The van der Waals surface area contributed by atoms with Gasteiger partial charge in [0.25, 0.3) is 0 Å². The fraction of sp³-hybridized carbons (Fsp3) is 0.0476. The number of anilines is 3. The van der Waals surface area contributed by atoms with Gasteiger partial charge < -0.3 is 11.1 Å². The fourth-order valence-electron chi connectivity index (χ4n) is 2.73. The lowest BCUT2D eigenvalue weighted by molar-refractivity contribution is 0.602. The third kappa shape index (κ3) is 4.19. The van der Waals surface area contributed by atoms with Crippen LogP contribution in [-0.2, 0) is 9.84 Å². The molecular formula is C21H16N6O2S. The average molecular weight is 416 g/mol. The Balaban J connectivity index is 1.67. The molecule has 30 heavy (non-hydrogen) atoms. The zero-order chi connectivity index (χ0) is 21.1. The topological polar surface area (TPSA) is 124 Å². The van der Waals surface area contributed by atoms with Gasteiger partial charge in [-0.3, -0.25) is 0 Å². The second-order valence-corrected chi connectivity index (χ2v) is 8.50. The van der Waals surface area contributed by atoms with Crippen LogP contribution in [0, 0.1) is 11.8 Å². The lowest BCUT2D eigenvalue weighted by atomic mass is 10.1. The van der Waals surface area contributed by atoms with Crippen LogP contribution in [0.1, 0.15) is 11.3 Å². The van der Waals surface area contributed by atoms with E-state index >= 15 is 0 Å². The second-order valence-electron chi connectivity index (χ2n) is 6.48. The first kappa shape index (κ1) is 19.3. The van der Waals surface area contributed by atoms with E-state index in [0.717, 1.165) is 10.8 Å². The van der Waals surface area contributed by atoms with E-state index in [2.05, 4.69) is 37.3 Å². The van der Waals surface area contributed by atoms with Crippen molar-refractivity contribution in [3.8, 4) is 11.8 Å². The molecule has 0 aliphatic rings. The summed E-state index contributed by atoms with van der Waals surface area (Å²) in [6.07, 6.45) is 7.51. The molecule has 0 aliphatic heterocycles. The highest BCUT2D eigenvalue weighted by Gasteiger charge is 2.07. The summed E-state index contributed by atoms with van der Waals surface area (Å²) in [5, 5.41) is 12.4. The van der Waals surface area contributed by atoms with E-state index in [1.165, 1.54) is 18.6 Å². The normalized spacial score (nSPS) is 11.0. The van der Waals surface area contributed by atoms with Gasteiger partial charge in [0.2, 0.25) is 0 Å². The maximum Gasteiger partial charge on any atom is 0.175 e. The van der Waals surface area contributed by atoms with Gasteiger partial charge in [-0.05, 0) is 42.3 Å². The number of benzene rings is 1. The minimum atomic E-state index is -3.24. The summed E-state index contributed by atoms with van der Waals surface area (Å²) in [4.78, 5) is 9.02. The van der Waals surface area contributed by atoms with Crippen LogP contribution in [-0.4, -0.2) is 34.8 Å². The first-order valence-electron chi connectivity index (χ1n) is 8.80. The van der Waals surface area contributed by atoms with Crippen molar-refractivity contribution in [3.05, 3.63) is 72.4 Å². The van der Waals surface area contributed by atoms with E-state index in [-0.39, 0.29) is 4.90 Å². The first-order valence-corrected chi connectivity index (χ1v) is 10.7. The number of aromatic nitrogens is 4. The van der Waals surface area contributed by atoms with Crippen molar-refractivity contribution < 1.29 is 8.42 Å². The minimum Gasteiger partial charge on any atom is -0.396 e. The molecule has 0 saturated heterocycles. The van der Waals surface area contributed by atoms with Crippen LogP contribution >= 0.6 is 0 Å². The lowest BCUT2D eigenvalue weighted by Gasteiger charge is -2.08. The van der Waals surface area contributed by atoms with Crippen molar-refractivity contribution in [2.75, 3.05) is 17.3 Å². The molecule has 0 saturated carbocycles. The lowest BCUT2D eigenvalue weighted by Crippen LogP contribution is -1.98. The van der Waals surface area contributed by atoms with Crippen LogP contribution < -0.4 is 11.1 Å². The van der Waals surface area contributed by atoms with Crippen molar-refractivity contribution in [3.63, 3.8) is 0 Å². The van der Waals surface area contributed by atoms with Gasteiger partial charge in [0.05, 0.1) is 28.5 Å². The number of nitrogens with zero attached hydrogens (tertiary/aromatic N) is 4. The molecule has 0 atom stereocenters. The molecule has 0 bridgehead atoms. The molecule has 0 fully saturated rings. The number of rotatable bonds is 3. The molecule has 0 aliphatic carbocycles. The van der Waals surface area contributed by atoms with Gasteiger partial charge in [0, 0.05) is 35.1 Å². The average Bonchev–Trinajstić information content (AvgIpc) is 2.73. The Morgan fingerprint density at radius 3 is 2.47 bits per heavy atom. The predicted octanol–water partition coefficient (Wildman–Crippen LogP) is 2.55. The number of nitrogen functional groups attached to an aromatic ring is 1. The Morgan fingerprint density at radius 2 is 1.73 bits per heavy atom. The van der Waals surface area contributed by atoms with Crippen LogP contribution in [0.25, 0.3) is 10.8 Å². The van der Waals surface area contributed by atoms with E-state index < -0.39 is 9.84 Å². The Morgan fingerprint density at radius 1 is 0.967 bits per heavy atom. The summed E-state index contributed by atoms with van der Waals surface area (Å²) in [6, 6.07) is 10.1. The monoisotopic (exact) mass is 416 g/mol. The molecule has 0 amide bonds. The Kier molecular flexibility index (Phi) is 5.00. The second kappa shape index (κ2) is 7.77. The molecule has 4 rings (SSSR count). The Bertz CT molecular complexity index is 1410. The standard InChI is InChI=1S/C21H16N6O2S/c1-30(28,29)17-5-3-16(4-6-17)27-21-10-18-14(11-24-21)8-9-23-20(18)7-2-15-12-25-26-13-19(15)22/h3-6,8-13H,1H3,(H2,22,25)(H,24,27). The summed E-state index contributed by atoms with van der Waals surface area (Å²) in [7, 11) is -3.24. The molecule has 4 aromatic rings. The van der Waals surface area contributed by atoms with Gasteiger partial charge in [0.1, 0.15) is 11.5 Å². The van der Waals surface area contributed by atoms with Crippen LogP contribution in [0.4, 0.5) is 17.2 Å². The van der Waals surface area contributed by atoms with E-state index in [1.54, 1.807) is 36.7 Å². The molecule has 0 spiro atoms. The summed E-state index contributed by atoms with van der Waals surface area (Å²) in [6.45, 7) is 0. The highest BCUT2D eigenvalue weighted by atomic mass is 32.2. The van der Waals surface area contributed by atoms with E-state index in [0.29, 0.717) is 28.5 Å². The summed E-state index contributed by atoms with van der Waals surface area (Å²) in [5.41, 5.74) is 8.16. The van der Waals surface area contributed by atoms with Crippen LogP contribution in [0.3, 0.4) is 0 Å². The predicted molar refractivity (Wildman–Crippen MR) is 115 cm³/mol. The summed E-state index contributed by atoms with van der Waals surface area (Å²) >= 11 is 0. The third-order valence-electron chi connectivity index (χ3n) is 4.28. The van der Waals surface area contributed by atoms with E-state index in [9.17, 15) is 8.42 Å². The maximum absolute atomic E-state index is 11.6. The SMILES string of the molecule is CS(=O)(=O)c1ccc(Nc2cc3c(C#Cc4cnncc4N)nccc3cn2)cc1. The fourth-order valence-corrected chi connectivity index (χ4v) is 3.36. The van der Waals surface area contributed by atoms with Gasteiger partial charge in [-0.25, -0.2) is 18.4 Å². The van der Waals surface area contributed by atoms with E-state index in [1.807, 2.05) is 12.1 Å². The number of fused-ring (bicyclic) bond motifs is 1. The number of nitrogens with two attached hydrogens (primary N) is 1. The zero-order valence-corrected chi connectivity index (χ0v) is 16.7. The van der Waals surface area contributed by atoms with Gasteiger partial charge in [-0.15, -0.1) is 0 Å². The third-order valence-corrected chi connectivity index (χ3v) is 5.41. The molecule has 8 nitrogen and oxygen atoms in total. The molecular weight excluding hydrogens is 400 g/mol. The molecule has 0 radical (unpaired) electrons. The summed E-state index contributed by atoms with van der Waals surface area (Å²) in [5.74, 6) is 6.58. The minimum absolute atomic E-state index is 0.256. The Hall–Kier alpha value is -4.03. The largest absolute Gasteiger partial charge is 0.396 e. The van der Waals surface area contributed by atoms with Gasteiger partial charge in [-0.1, -0.05) is 5.92 Å². The quantitative estimate of drug-likeness (QED) is 0.488. The number of hydrogen-bond donors (Lipinski definition) is 2. The van der Waals surface area contributed by atoms with Crippen molar-refractivity contribution in [1.29, 1.82) is 0 Å². The zero-order valence-electron chi connectivity index (χ0n) is 15.9. The van der Waals surface area contributed by atoms with Crippen LogP contribution in [0.2, 0.25) is 0 Å². The molecule has 0 unspecified atom stereocenters. The van der Waals surface area contributed by atoms with Gasteiger partial charge in [0.15, 0.2) is 9.84 Å². The molecule has 148 valence electrons. The smallest absolute Gasteiger partial charge is 0.175 e. The molecule has 1 aromatic carbocycles. The van der Waals surface area contributed by atoms with Crippen molar-refractivity contribution in [2.24, 2.45) is 0 Å². The molecule has 3 N–H and O–H groups in total. The van der Waals surface area contributed by atoms with Gasteiger partial charge in [-0.2, -0.15) is 10.2 Å². The Labute approximate surface area is 173 Å². The van der Waals surface area contributed by atoms with Crippen LogP contribution in [0.5, 0.6) is 0 Å². The first-order chi connectivity index (χ1) is 14.4. The number of hydrogen-bond acceptors (Lipinski definition) is 8. The molecule has 3 heterocycles. The van der Waals surface area contributed by atoms with E-state index in [4.69, 9.17) is 5.73 Å². The van der Waals surface area contributed by atoms with Crippen LogP contribution in [0.15, 0.2) is 66.1 Å².